The molecule has 2 atom stereocenters. The van der Waals surface area contributed by atoms with Gasteiger partial charge in [-0.15, -0.1) is 0 Å². The van der Waals surface area contributed by atoms with Crippen molar-refractivity contribution in [1.29, 1.82) is 0 Å². The molecule has 0 radical (unpaired) electrons. The second-order valence-corrected chi connectivity index (χ2v) is 16.0. The summed E-state index contributed by atoms with van der Waals surface area (Å²) in [5.74, 6) is -5.31. The Morgan fingerprint density at radius 1 is 1.04 bits per heavy atom. The van der Waals surface area contributed by atoms with Crippen LogP contribution in [0.15, 0.2) is 66.2 Å². The summed E-state index contributed by atoms with van der Waals surface area (Å²) in [7, 11) is 0. The first kappa shape index (κ1) is 39.3. The number of hydrogen-bond donors (Lipinski definition) is 1. The van der Waals surface area contributed by atoms with E-state index in [0.29, 0.717) is 21.4 Å². The normalized spacial score (nSPS) is 20.2. The summed E-state index contributed by atoms with van der Waals surface area (Å²) in [4.78, 5) is 38.0. The number of ether oxygens (including phenoxy) is 1. The molecule has 1 aliphatic heterocycles. The van der Waals surface area contributed by atoms with Crippen LogP contribution in [0.3, 0.4) is 0 Å². The number of guanidine groups is 1. The zero-order valence-electron chi connectivity index (χ0n) is 30.6. The minimum atomic E-state index is -3.13. The van der Waals surface area contributed by atoms with Crippen molar-refractivity contribution >= 4 is 29.4 Å². The third-order valence-electron chi connectivity index (χ3n) is 11.3. The second-order valence-electron chi connectivity index (χ2n) is 15.6. The predicted molar refractivity (Wildman–Crippen MR) is 192 cm³/mol. The smallest absolute Gasteiger partial charge is 0.333 e. The van der Waals surface area contributed by atoms with E-state index in [1.807, 2.05) is 13.8 Å². The standard InChI is InChI=1S/C38H39ClF6N8O3/c1-35(2,24-9-10-24)19-38(25-7-4-21(5-8-25)23-16-48-51(17-23)33(42)43)32(55)52(34(46)50-38)28(18-56-29(54)15-37(12-13-37)36(3,44)45)22-6-11-26(39)27(14-22)53-31(30(40)41)47-20-49-53/h4-8,11,14,16-17,20,24,28,30,33H,9-10,12-13,15,18-19H2,1-3H3,(H2,46,50)/t28-,38-/m1/s1. The van der Waals surface area contributed by atoms with Gasteiger partial charge in [0.05, 0.1) is 29.4 Å². The van der Waals surface area contributed by atoms with E-state index in [-0.39, 0.29) is 47.4 Å². The molecule has 0 unspecified atom stereocenters. The molecule has 11 nitrogen and oxygen atoms in total. The molecule has 1 amide bonds. The van der Waals surface area contributed by atoms with Crippen molar-refractivity contribution in [1.82, 2.24) is 29.4 Å². The Bertz CT molecular complexity index is 2160. The van der Waals surface area contributed by atoms with E-state index in [1.165, 1.54) is 35.5 Å². The van der Waals surface area contributed by atoms with Gasteiger partial charge in [0.2, 0.25) is 0 Å². The van der Waals surface area contributed by atoms with Crippen LogP contribution in [0.2, 0.25) is 5.02 Å². The fourth-order valence-corrected chi connectivity index (χ4v) is 7.93. The van der Waals surface area contributed by atoms with Gasteiger partial charge < -0.3 is 10.5 Å². The average molecular weight is 805 g/mol. The Kier molecular flexibility index (Phi) is 9.98. The van der Waals surface area contributed by atoms with Gasteiger partial charge in [0, 0.05) is 17.2 Å². The highest BCUT2D eigenvalue weighted by molar-refractivity contribution is 6.32. The first-order valence-corrected chi connectivity index (χ1v) is 18.4. The minimum absolute atomic E-state index is 0.00634. The number of carbonyl (C=O) groups is 2. The van der Waals surface area contributed by atoms with Gasteiger partial charge in [0.15, 0.2) is 17.3 Å². The van der Waals surface area contributed by atoms with Crippen molar-refractivity contribution < 1.29 is 40.7 Å². The van der Waals surface area contributed by atoms with Crippen molar-refractivity contribution in [3.05, 3.63) is 83.2 Å². The van der Waals surface area contributed by atoms with E-state index in [0.717, 1.165) is 30.8 Å². The number of carbonyl (C=O) groups excluding carboxylic acids is 2. The molecule has 4 aromatic rings. The van der Waals surface area contributed by atoms with E-state index in [2.05, 4.69) is 15.2 Å². The Morgan fingerprint density at radius 2 is 1.73 bits per heavy atom. The number of halogens is 7. The van der Waals surface area contributed by atoms with E-state index in [9.17, 15) is 31.1 Å². The van der Waals surface area contributed by atoms with E-state index >= 15 is 4.79 Å². The lowest BCUT2D eigenvalue weighted by Crippen LogP contribution is -2.48. The van der Waals surface area contributed by atoms with Gasteiger partial charge in [-0.05, 0) is 79.2 Å². The van der Waals surface area contributed by atoms with Crippen LogP contribution < -0.4 is 5.73 Å². The fraction of sp³-hybridized carbons (Fsp3) is 0.474. The summed E-state index contributed by atoms with van der Waals surface area (Å²) in [5.41, 5.74) is 4.71. The van der Waals surface area contributed by atoms with Gasteiger partial charge in [-0.3, -0.25) is 14.5 Å². The molecule has 2 aromatic heterocycles. The fourth-order valence-electron chi connectivity index (χ4n) is 7.73. The highest BCUT2D eigenvalue weighted by Crippen LogP contribution is 2.59. The zero-order chi connectivity index (χ0) is 40.4. The minimum Gasteiger partial charge on any atom is -0.463 e. The molecule has 2 fully saturated rings. The molecule has 3 heterocycles. The van der Waals surface area contributed by atoms with Crippen molar-refractivity contribution in [2.75, 3.05) is 6.61 Å². The lowest BCUT2D eigenvalue weighted by molar-refractivity contribution is -0.153. The number of alkyl halides is 6. The lowest BCUT2D eigenvalue weighted by Gasteiger charge is -2.36. The molecule has 0 spiro atoms. The molecule has 2 N–H and O–H groups in total. The molecule has 2 aliphatic carbocycles. The summed E-state index contributed by atoms with van der Waals surface area (Å²) in [6.45, 7) is 1.42. The zero-order valence-corrected chi connectivity index (χ0v) is 31.4. The molecule has 56 heavy (non-hydrogen) atoms. The highest BCUT2D eigenvalue weighted by atomic mass is 35.5. The molecule has 2 saturated carbocycles. The molecular formula is C38H39ClF6N8O3. The maximum Gasteiger partial charge on any atom is 0.333 e. The SMILES string of the molecule is CC(C)(C[C@]1(c2ccc(-c3cnn(C(F)F)c3)cc2)N=C(N)N([C@H](COC(=O)CC2(C(C)(F)F)CC2)c2ccc(Cl)c(-n3ncnc3C(F)F)c2)C1=O)C1CC1. The molecule has 3 aliphatic rings. The van der Waals surface area contributed by atoms with Gasteiger partial charge in [-0.2, -0.15) is 19.0 Å². The van der Waals surface area contributed by atoms with Gasteiger partial charge in [0.25, 0.3) is 18.3 Å². The lowest BCUT2D eigenvalue weighted by atomic mass is 9.72. The molecule has 7 rings (SSSR count). The molecule has 0 bridgehead atoms. The average Bonchev–Trinajstić information content (AvgIpc) is 4.01. The Hall–Kier alpha value is -4.93. The van der Waals surface area contributed by atoms with Crippen LogP contribution in [-0.2, 0) is 19.9 Å². The molecule has 0 saturated heterocycles. The van der Waals surface area contributed by atoms with E-state index in [1.54, 1.807) is 24.3 Å². The molecule has 298 valence electrons. The molecule has 2 aromatic carbocycles. The Balaban J connectivity index is 1.28. The van der Waals surface area contributed by atoms with Crippen molar-refractivity contribution in [2.45, 2.75) is 89.8 Å². The van der Waals surface area contributed by atoms with Crippen molar-refractivity contribution in [3.8, 4) is 16.8 Å². The van der Waals surface area contributed by atoms with Crippen LogP contribution in [0.4, 0.5) is 26.3 Å². The van der Waals surface area contributed by atoms with Crippen LogP contribution in [0.5, 0.6) is 0 Å². The third-order valence-corrected chi connectivity index (χ3v) is 11.7. The van der Waals surface area contributed by atoms with Crippen LogP contribution in [-0.4, -0.2) is 59.8 Å². The quantitative estimate of drug-likeness (QED) is 0.0943. The summed E-state index contributed by atoms with van der Waals surface area (Å²) in [6.07, 6.45) is 2.21. The van der Waals surface area contributed by atoms with Gasteiger partial charge in [0.1, 0.15) is 12.9 Å². The Labute approximate surface area is 322 Å². The topological polar surface area (TPSA) is 134 Å². The number of esters is 1. The third kappa shape index (κ3) is 7.25. The van der Waals surface area contributed by atoms with Gasteiger partial charge in [-0.25, -0.2) is 36.9 Å². The van der Waals surface area contributed by atoms with Crippen LogP contribution in [0.25, 0.3) is 16.8 Å². The number of nitrogens with zero attached hydrogens (tertiary/aromatic N) is 7. The number of nitrogens with two attached hydrogens (primary N) is 1. The predicted octanol–water partition coefficient (Wildman–Crippen LogP) is 8.41. The van der Waals surface area contributed by atoms with E-state index in [4.69, 9.17) is 27.1 Å². The monoisotopic (exact) mass is 804 g/mol. The number of aromatic nitrogens is 5. The number of hydrogen-bond acceptors (Lipinski definition) is 8. The molecular weight excluding hydrogens is 766 g/mol. The summed E-state index contributed by atoms with van der Waals surface area (Å²) >= 11 is 6.48. The van der Waals surface area contributed by atoms with Gasteiger partial charge in [-0.1, -0.05) is 55.8 Å². The maximum absolute atomic E-state index is 15.2. The summed E-state index contributed by atoms with van der Waals surface area (Å²) in [5, 5.41) is 7.63. The Morgan fingerprint density at radius 3 is 2.32 bits per heavy atom. The number of rotatable bonds is 15. The summed E-state index contributed by atoms with van der Waals surface area (Å²) < 4.78 is 90.2. The van der Waals surface area contributed by atoms with Crippen LogP contribution >= 0.6 is 11.6 Å². The summed E-state index contributed by atoms with van der Waals surface area (Å²) in [6, 6.07) is 9.69. The van der Waals surface area contributed by atoms with Crippen LogP contribution in [0, 0.1) is 16.7 Å². The van der Waals surface area contributed by atoms with Crippen LogP contribution in [0.1, 0.15) is 95.3 Å². The van der Waals surface area contributed by atoms with Crippen molar-refractivity contribution in [2.24, 2.45) is 27.5 Å². The molecule has 18 heteroatoms. The number of benzene rings is 2. The number of aliphatic imine (C=N–C) groups is 1. The second kappa shape index (κ2) is 14.2. The first-order chi connectivity index (χ1) is 26.4. The maximum atomic E-state index is 15.2. The van der Waals surface area contributed by atoms with Crippen molar-refractivity contribution in [3.63, 3.8) is 0 Å². The highest BCUT2D eigenvalue weighted by Gasteiger charge is 2.60. The first-order valence-electron chi connectivity index (χ1n) is 18.0. The largest absolute Gasteiger partial charge is 0.463 e. The van der Waals surface area contributed by atoms with Gasteiger partial charge >= 0.3 is 12.5 Å². The number of amides is 1. The van der Waals surface area contributed by atoms with E-state index < -0.39 is 72.0 Å².